The molecule has 3 aromatic rings. The fourth-order valence-electron chi connectivity index (χ4n) is 5.89. The van der Waals surface area contributed by atoms with Crippen LogP contribution in [-0.4, -0.2) is 65.8 Å². The summed E-state index contributed by atoms with van der Waals surface area (Å²) < 4.78 is 68.3. The number of nitriles is 1. The molecular formula is C30H32F3N5O4S. The fraction of sp³-hybridized carbons (Fsp3) is 0.433. The second kappa shape index (κ2) is 12.0. The van der Waals surface area contributed by atoms with Crippen LogP contribution in [0.4, 0.5) is 18.9 Å². The van der Waals surface area contributed by atoms with Gasteiger partial charge in [0.25, 0.3) is 0 Å². The Hall–Kier alpha value is -3.89. The summed E-state index contributed by atoms with van der Waals surface area (Å²) in [4.78, 5) is 15.2. The van der Waals surface area contributed by atoms with E-state index in [0.29, 0.717) is 41.3 Å². The van der Waals surface area contributed by atoms with Crippen molar-refractivity contribution in [1.82, 2.24) is 15.1 Å². The number of aliphatic hydroxyl groups excluding tert-OH is 1. The average molecular weight is 616 g/mol. The van der Waals surface area contributed by atoms with Crippen LogP contribution in [0.5, 0.6) is 0 Å². The lowest BCUT2D eigenvalue weighted by molar-refractivity contribution is -0.134. The first-order valence-corrected chi connectivity index (χ1v) is 15.9. The zero-order chi connectivity index (χ0) is 30.9. The lowest BCUT2D eigenvalue weighted by atomic mass is 9.73. The summed E-state index contributed by atoms with van der Waals surface area (Å²) >= 11 is 0. The number of carbonyl (C=O) groups excluding carboxylic acids is 1. The Balaban J connectivity index is 1.61. The molecule has 1 aliphatic heterocycles. The minimum absolute atomic E-state index is 0.0538. The summed E-state index contributed by atoms with van der Waals surface area (Å²) in [5, 5.41) is 27.0. The third kappa shape index (κ3) is 6.55. The first-order valence-electron chi connectivity index (χ1n) is 14.0. The van der Waals surface area contributed by atoms with Crippen LogP contribution in [0.25, 0.3) is 16.8 Å². The molecule has 5 rings (SSSR count). The van der Waals surface area contributed by atoms with Gasteiger partial charge >= 0.3 is 0 Å². The molecule has 2 heterocycles. The first-order chi connectivity index (χ1) is 20.4. The van der Waals surface area contributed by atoms with Crippen LogP contribution < -0.4 is 10.2 Å². The van der Waals surface area contributed by atoms with Crippen LogP contribution in [0, 0.1) is 23.1 Å². The summed E-state index contributed by atoms with van der Waals surface area (Å²) in [5.41, 5.74) is 3.00. The molecule has 13 heteroatoms. The van der Waals surface area contributed by atoms with Crippen molar-refractivity contribution in [2.24, 2.45) is 5.92 Å². The number of rotatable bonds is 7. The van der Waals surface area contributed by atoms with E-state index in [9.17, 15) is 36.8 Å². The van der Waals surface area contributed by atoms with Gasteiger partial charge in [-0.1, -0.05) is 12.1 Å². The van der Waals surface area contributed by atoms with Crippen molar-refractivity contribution in [2.75, 3.05) is 29.5 Å². The van der Waals surface area contributed by atoms with Gasteiger partial charge in [0.2, 0.25) is 11.8 Å². The molecule has 3 atom stereocenters. The van der Waals surface area contributed by atoms with Crippen molar-refractivity contribution in [3.05, 3.63) is 65.7 Å². The van der Waals surface area contributed by atoms with Crippen molar-refractivity contribution in [2.45, 2.75) is 50.7 Å². The average Bonchev–Trinajstić information content (AvgIpc) is 3.36. The monoisotopic (exact) mass is 615 g/mol. The molecule has 1 aliphatic carbocycles. The van der Waals surface area contributed by atoms with E-state index in [2.05, 4.69) is 5.32 Å². The van der Waals surface area contributed by atoms with Gasteiger partial charge in [0.1, 0.15) is 11.9 Å². The Morgan fingerprint density at radius 2 is 1.77 bits per heavy atom. The summed E-state index contributed by atoms with van der Waals surface area (Å²) in [5.74, 6) is -6.09. The Morgan fingerprint density at radius 1 is 1.14 bits per heavy atom. The number of carbonyl (C=O) groups is 1. The number of benzene rings is 2. The molecular weight excluding hydrogens is 583 g/mol. The molecule has 43 heavy (non-hydrogen) atoms. The summed E-state index contributed by atoms with van der Waals surface area (Å²) in [6.07, 6.45) is -1.26. The second-order valence-corrected chi connectivity index (χ2v) is 13.4. The highest BCUT2D eigenvalue weighted by Crippen LogP contribution is 2.48. The van der Waals surface area contributed by atoms with Gasteiger partial charge in [-0.15, -0.1) is 0 Å². The smallest absolute Gasteiger partial charge is 0.249 e. The number of nitrogens with one attached hydrogen (secondary N) is 1. The van der Waals surface area contributed by atoms with Crippen LogP contribution in [0.15, 0.2) is 48.5 Å². The quantitative estimate of drug-likeness (QED) is 0.412. The van der Waals surface area contributed by atoms with Crippen LogP contribution in [-0.2, 0) is 21.2 Å². The number of aromatic nitrogens is 2. The number of sulfone groups is 1. The number of alkyl halides is 2. The molecule has 9 nitrogen and oxygen atoms in total. The highest BCUT2D eigenvalue weighted by Gasteiger charge is 2.47. The lowest BCUT2D eigenvalue weighted by Gasteiger charge is -2.35. The molecule has 2 aliphatic rings. The minimum Gasteiger partial charge on any atom is -0.390 e. The topological polar surface area (TPSA) is 128 Å². The predicted molar refractivity (Wildman–Crippen MR) is 154 cm³/mol. The van der Waals surface area contributed by atoms with Crippen molar-refractivity contribution in [3.63, 3.8) is 0 Å². The molecule has 228 valence electrons. The van der Waals surface area contributed by atoms with Crippen LogP contribution in [0.3, 0.4) is 0 Å². The maximum atomic E-state index is 14.7. The zero-order valence-corrected chi connectivity index (χ0v) is 24.3. The summed E-state index contributed by atoms with van der Waals surface area (Å²) in [6.45, 7) is 1.68. The summed E-state index contributed by atoms with van der Waals surface area (Å²) in [6, 6.07) is 13.7. The third-order valence-electron chi connectivity index (χ3n) is 8.16. The van der Waals surface area contributed by atoms with Gasteiger partial charge in [-0.3, -0.25) is 4.79 Å². The molecule has 2 fully saturated rings. The van der Waals surface area contributed by atoms with E-state index in [1.54, 1.807) is 12.1 Å². The largest absolute Gasteiger partial charge is 0.390 e. The maximum Gasteiger partial charge on any atom is 0.249 e. The minimum atomic E-state index is -3.09. The van der Waals surface area contributed by atoms with Gasteiger partial charge in [-0.05, 0) is 55.3 Å². The number of halogens is 3. The van der Waals surface area contributed by atoms with Gasteiger partial charge in [-0.2, -0.15) is 10.4 Å². The van der Waals surface area contributed by atoms with E-state index >= 15 is 0 Å². The molecule has 0 bridgehead atoms. The van der Waals surface area contributed by atoms with Crippen molar-refractivity contribution in [3.8, 4) is 22.9 Å². The molecule has 1 saturated heterocycles. The van der Waals surface area contributed by atoms with Gasteiger partial charge in [0.05, 0.1) is 47.2 Å². The summed E-state index contributed by atoms with van der Waals surface area (Å²) in [7, 11) is -3.07. The van der Waals surface area contributed by atoms with Crippen LogP contribution in [0.2, 0.25) is 0 Å². The van der Waals surface area contributed by atoms with Crippen molar-refractivity contribution >= 4 is 21.4 Å². The van der Waals surface area contributed by atoms with Gasteiger partial charge in [-0.25, -0.2) is 26.3 Å². The van der Waals surface area contributed by atoms with E-state index in [0.717, 1.165) is 5.69 Å². The maximum absolute atomic E-state index is 14.7. The SMILES string of the molecule is CC(C#N)NC(=O)C1CC(F)(F)CCC1c1nn(-c2ccc(F)cc2)c(CO)c1-c1ccc(N2CCS(=O)(=O)CC2)cc1. The standard InChI is InChI=1S/C30H32F3N5O4S/c1-19(17-34)35-29(40)25-16-30(32,33)11-10-24(25)28-27(26(18-39)38(36-28)23-8-4-21(31)5-9-23)20-2-6-22(7-3-20)37-12-14-43(41,42)15-13-37/h2-9,19,24-25,39H,10-16,18H2,1H3,(H,35,40). The van der Waals surface area contributed by atoms with E-state index < -0.39 is 64.8 Å². The lowest BCUT2D eigenvalue weighted by Crippen LogP contribution is -2.44. The number of amides is 1. The van der Waals surface area contributed by atoms with E-state index in [4.69, 9.17) is 5.10 Å². The van der Waals surface area contributed by atoms with Gasteiger partial charge in [0, 0.05) is 43.1 Å². The molecule has 2 N–H and O–H groups in total. The Kier molecular flexibility index (Phi) is 8.54. The number of hydrogen-bond donors (Lipinski definition) is 2. The van der Waals surface area contributed by atoms with Crippen molar-refractivity contribution < 1.29 is 31.5 Å². The number of aliphatic hydroxyl groups is 1. The van der Waals surface area contributed by atoms with E-state index in [1.807, 2.05) is 23.1 Å². The molecule has 0 spiro atoms. The molecule has 3 unspecified atom stereocenters. The first kappa shape index (κ1) is 30.6. The molecule has 1 aromatic heterocycles. The molecule has 2 aromatic carbocycles. The van der Waals surface area contributed by atoms with Crippen LogP contribution >= 0.6 is 0 Å². The Labute approximate surface area is 247 Å². The normalized spacial score (nSPS) is 22.0. The fourth-order valence-corrected chi connectivity index (χ4v) is 7.09. The highest BCUT2D eigenvalue weighted by molar-refractivity contribution is 7.91. The highest BCUT2D eigenvalue weighted by atomic mass is 32.2. The predicted octanol–water partition coefficient (Wildman–Crippen LogP) is 3.95. The number of nitrogens with zero attached hydrogens (tertiary/aromatic N) is 4. The Bertz CT molecular complexity index is 1620. The molecule has 1 amide bonds. The third-order valence-corrected chi connectivity index (χ3v) is 9.77. The molecule has 0 radical (unpaired) electrons. The van der Waals surface area contributed by atoms with Gasteiger partial charge in [0.15, 0.2) is 9.84 Å². The number of anilines is 1. The Morgan fingerprint density at radius 3 is 2.37 bits per heavy atom. The number of hydrogen-bond acceptors (Lipinski definition) is 7. The van der Waals surface area contributed by atoms with E-state index in [1.165, 1.54) is 35.9 Å². The second-order valence-electron chi connectivity index (χ2n) is 11.1. The van der Waals surface area contributed by atoms with E-state index in [-0.39, 0.29) is 17.9 Å². The zero-order valence-electron chi connectivity index (χ0n) is 23.5. The molecule has 1 saturated carbocycles. The van der Waals surface area contributed by atoms with Gasteiger partial charge < -0.3 is 15.3 Å². The van der Waals surface area contributed by atoms with Crippen molar-refractivity contribution in [1.29, 1.82) is 5.26 Å². The van der Waals surface area contributed by atoms with Crippen LogP contribution in [0.1, 0.15) is 43.5 Å².